The van der Waals surface area contributed by atoms with Gasteiger partial charge in [0.1, 0.15) is 5.69 Å². The van der Waals surface area contributed by atoms with E-state index in [0.29, 0.717) is 30.8 Å². The lowest BCUT2D eigenvalue weighted by Gasteiger charge is -2.31. The minimum atomic E-state index is -4.56. The van der Waals surface area contributed by atoms with Crippen molar-refractivity contribution < 1.29 is 22.5 Å². The smallest absolute Gasteiger partial charge is 0.337 e. The number of H-pyrrole nitrogens is 1. The summed E-state index contributed by atoms with van der Waals surface area (Å²) in [6, 6.07) is 2.64. The van der Waals surface area contributed by atoms with Gasteiger partial charge in [-0.2, -0.15) is 18.3 Å². The van der Waals surface area contributed by atoms with Crippen molar-refractivity contribution in [3.63, 3.8) is 0 Å². The lowest BCUT2D eigenvalue weighted by atomic mass is 9.91. The van der Waals surface area contributed by atoms with Gasteiger partial charge in [0.05, 0.1) is 16.6 Å². The van der Waals surface area contributed by atoms with E-state index in [9.17, 15) is 18.0 Å². The van der Waals surface area contributed by atoms with E-state index < -0.39 is 11.7 Å². The molecule has 1 fully saturated rings. The first kappa shape index (κ1) is 19.4. The molecule has 3 aromatic heterocycles. The molecule has 0 aliphatic carbocycles. The Hall–Kier alpha value is -2.91. The van der Waals surface area contributed by atoms with Crippen LogP contribution >= 0.6 is 0 Å². The molecule has 1 saturated heterocycles. The molecule has 3 aromatic rings. The number of carbonyl (C=O) groups excluding carboxylic acids is 1. The van der Waals surface area contributed by atoms with Crippen LogP contribution in [0.4, 0.5) is 13.2 Å². The molecule has 4 rings (SSSR count). The first-order valence-electron chi connectivity index (χ1n) is 9.41. The molecular formula is C19H20F3N5O2. The summed E-state index contributed by atoms with van der Waals surface area (Å²) in [4.78, 5) is 18.4. The summed E-state index contributed by atoms with van der Waals surface area (Å²) in [7, 11) is 0. The molecule has 0 radical (unpaired) electrons. The summed E-state index contributed by atoms with van der Waals surface area (Å²) in [5, 5.41) is 10.2. The topological polar surface area (TPSA) is 87.9 Å². The average Bonchev–Trinajstić information content (AvgIpc) is 3.35. The second kappa shape index (κ2) is 7.16. The molecule has 0 bridgehead atoms. The number of carbonyl (C=O) groups is 1. The van der Waals surface area contributed by atoms with Gasteiger partial charge in [-0.1, -0.05) is 19.0 Å². The van der Waals surface area contributed by atoms with Crippen LogP contribution in [0.3, 0.4) is 0 Å². The summed E-state index contributed by atoms with van der Waals surface area (Å²) in [5.74, 6) is -0.799. The van der Waals surface area contributed by atoms with Crippen LogP contribution in [0.15, 0.2) is 22.9 Å². The van der Waals surface area contributed by atoms with Crippen LogP contribution in [0, 0.1) is 0 Å². The molecule has 0 saturated carbocycles. The van der Waals surface area contributed by atoms with E-state index in [2.05, 4.69) is 20.3 Å². The number of amides is 1. The van der Waals surface area contributed by atoms with E-state index >= 15 is 0 Å². The van der Waals surface area contributed by atoms with Gasteiger partial charge in [0, 0.05) is 30.9 Å². The third-order valence-corrected chi connectivity index (χ3v) is 5.22. The zero-order chi connectivity index (χ0) is 20.8. The zero-order valence-corrected chi connectivity index (χ0v) is 16.0. The number of rotatable bonds is 3. The van der Waals surface area contributed by atoms with Crippen molar-refractivity contribution in [2.45, 2.75) is 44.7 Å². The summed E-state index contributed by atoms with van der Waals surface area (Å²) >= 11 is 0. The monoisotopic (exact) mass is 407 g/mol. The molecule has 29 heavy (non-hydrogen) atoms. The van der Waals surface area contributed by atoms with Crippen molar-refractivity contribution in [2.24, 2.45) is 0 Å². The standard InChI is InChI=1S/C19H20F3N5O2/c1-10(2)14-8-12(19(20,21)22)15-16(26-29-17(15)24-14)11-4-3-7-27(9-11)18(28)13-5-6-23-25-13/h5-6,8,10-11H,3-4,7,9H2,1-2H3,(H,23,25)/t11-/m1/s1. The Bertz CT molecular complexity index is 1030. The number of likely N-dealkylation sites (tertiary alicyclic amines) is 1. The number of alkyl halides is 3. The Morgan fingerprint density at radius 2 is 2.17 bits per heavy atom. The fourth-order valence-corrected chi connectivity index (χ4v) is 3.72. The number of aromatic amines is 1. The SMILES string of the molecule is CC(C)c1cc(C(F)(F)F)c2c([C@@H]3CCCN(C(=O)c4ccn[nH]4)C3)noc2n1. The van der Waals surface area contributed by atoms with Crippen molar-refractivity contribution in [3.05, 3.63) is 41.0 Å². The largest absolute Gasteiger partial charge is 0.417 e. The van der Waals surface area contributed by atoms with Crippen LogP contribution in [0.1, 0.15) is 66.0 Å². The third kappa shape index (κ3) is 3.58. The summed E-state index contributed by atoms with van der Waals surface area (Å²) in [6.45, 7) is 4.31. The Kier molecular flexibility index (Phi) is 4.79. The molecule has 1 atom stereocenters. The van der Waals surface area contributed by atoms with Crippen LogP contribution in [-0.4, -0.2) is 44.2 Å². The van der Waals surface area contributed by atoms with Crippen LogP contribution in [-0.2, 0) is 6.18 Å². The second-order valence-electron chi connectivity index (χ2n) is 7.56. The number of pyridine rings is 1. The molecule has 154 valence electrons. The number of hydrogen-bond donors (Lipinski definition) is 1. The second-order valence-corrected chi connectivity index (χ2v) is 7.56. The van der Waals surface area contributed by atoms with Gasteiger partial charge in [0.15, 0.2) is 0 Å². The van der Waals surface area contributed by atoms with Crippen LogP contribution in [0.25, 0.3) is 11.1 Å². The molecule has 0 aromatic carbocycles. The maximum Gasteiger partial charge on any atom is 0.417 e. The highest BCUT2D eigenvalue weighted by atomic mass is 19.4. The van der Waals surface area contributed by atoms with Gasteiger partial charge in [-0.15, -0.1) is 0 Å². The number of halogens is 3. The van der Waals surface area contributed by atoms with Gasteiger partial charge in [-0.25, -0.2) is 4.98 Å². The summed E-state index contributed by atoms with van der Waals surface area (Å²) in [6.07, 6.45) is -1.83. The molecular weight excluding hydrogens is 387 g/mol. The lowest BCUT2D eigenvalue weighted by Crippen LogP contribution is -2.39. The van der Waals surface area contributed by atoms with Crippen LogP contribution < -0.4 is 0 Å². The quantitative estimate of drug-likeness (QED) is 0.706. The van der Waals surface area contributed by atoms with Gasteiger partial charge in [0.2, 0.25) is 0 Å². The predicted molar refractivity (Wildman–Crippen MR) is 97.4 cm³/mol. The maximum absolute atomic E-state index is 13.8. The molecule has 1 aliphatic rings. The number of hydrogen-bond acceptors (Lipinski definition) is 5. The highest BCUT2D eigenvalue weighted by Crippen LogP contribution is 2.40. The van der Waals surface area contributed by atoms with Crippen molar-refractivity contribution in [2.75, 3.05) is 13.1 Å². The van der Waals surface area contributed by atoms with Gasteiger partial charge in [0.25, 0.3) is 11.6 Å². The van der Waals surface area contributed by atoms with Crippen molar-refractivity contribution >= 4 is 17.0 Å². The molecule has 1 amide bonds. The van der Waals surface area contributed by atoms with Crippen LogP contribution in [0.2, 0.25) is 0 Å². The minimum absolute atomic E-state index is 0.109. The Labute approximate surface area is 164 Å². The van der Waals surface area contributed by atoms with Gasteiger partial charge < -0.3 is 9.42 Å². The Morgan fingerprint density at radius 1 is 1.38 bits per heavy atom. The lowest BCUT2D eigenvalue weighted by molar-refractivity contribution is -0.136. The average molecular weight is 407 g/mol. The van der Waals surface area contributed by atoms with E-state index in [1.165, 1.54) is 6.20 Å². The van der Waals surface area contributed by atoms with E-state index in [0.717, 1.165) is 6.07 Å². The fourth-order valence-electron chi connectivity index (χ4n) is 3.72. The predicted octanol–water partition coefficient (Wildman–Crippen LogP) is 4.11. The molecule has 1 N–H and O–H groups in total. The van der Waals surface area contributed by atoms with E-state index in [-0.39, 0.29) is 41.1 Å². The third-order valence-electron chi connectivity index (χ3n) is 5.22. The Balaban J connectivity index is 1.73. The first-order valence-corrected chi connectivity index (χ1v) is 9.41. The highest BCUT2D eigenvalue weighted by molar-refractivity contribution is 5.92. The number of nitrogens with zero attached hydrogens (tertiary/aromatic N) is 4. The van der Waals surface area contributed by atoms with E-state index in [1.54, 1.807) is 24.8 Å². The fraction of sp³-hybridized carbons (Fsp3) is 0.474. The number of aromatic nitrogens is 4. The molecule has 1 aliphatic heterocycles. The van der Waals surface area contributed by atoms with Crippen molar-refractivity contribution in [1.29, 1.82) is 0 Å². The molecule has 0 spiro atoms. The highest BCUT2D eigenvalue weighted by Gasteiger charge is 2.38. The summed E-state index contributed by atoms with van der Waals surface area (Å²) in [5.41, 5.74) is -0.0608. The normalized spacial score (nSPS) is 18.0. The molecule has 10 heteroatoms. The number of piperidine rings is 1. The first-order chi connectivity index (χ1) is 13.8. The van der Waals surface area contributed by atoms with Gasteiger partial charge in [-0.3, -0.25) is 9.89 Å². The van der Waals surface area contributed by atoms with Crippen LogP contribution in [0.5, 0.6) is 0 Å². The number of nitrogens with one attached hydrogen (secondary N) is 1. The van der Waals surface area contributed by atoms with Crippen molar-refractivity contribution in [3.8, 4) is 0 Å². The maximum atomic E-state index is 13.8. The number of fused-ring (bicyclic) bond motifs is 1. The summed E-state index contributed by atoms with van der Waals surface area (Å²) < 4.78 is 46.6. The van der Waals surface area contributed by atoms with Gasteiger partial charge in [-0.05, 0) is 30.9 Å². The molecule has 4 heterocycles. The minimum Gasteiger partial charge on any atom is -0.337 e. The molecule has 0 unspecified atom stereocenters. The van der Waals surface area contributed by atoms with E-state index in [1.807, 2.05) is 0 Å². The Morgan fingerprint density at radius 3 is 2.83 bits per heavy atom. The van der Waals surface area contributed by atoms with Gasteiger partial charge >= 0.3 is 6.18 Å². The molecule has 7 nitrogen and oxygen atoms in total. The zero-order valence-electron chi connectivity index (χ0n) is 16.0. The van der Waals surface area contributed by atoms with Crippen molar-refractivity contribution in [1.82, 2.24) is 25.2 Å². The van der Waals surface area contributed by atoms with E-state index in [4.69, 9.17) is 4.52 Å².